The number of carbonyl (C=O) groups excluding carboxylic acids is 2. The molecule has 1 atom stereocenters. The van der Waals surface area contributed by atoms with Gasteiger partial charge in [-0.2, -0.15) is 0 Å². The summed E-state index contributed by atoms with van der Waals surface area (Å²) in [6, 6.07) is 7.58. The van der Waals surface area contributed by atoms with Crippen LogP contribution < -0.4 is 14.8 Å². The number of methoxy groups -OCH3 is 2. The first-order chi connectivity index (χ1) is 14.6. The minimum atomic E-state index is -0.0709. The van der Waals surface area contributed by atoms with Crippen LogP contribution in [0.25, 0.3) is 0 Å². The molecule has 1 aliphatic heterocycles. The zero-order valence-electron chi connectivity index (χ0n) is 17.5. The van der Waals surface area contributed by atoms with Crippen LogP contribution in [0.15, 0.2) is 24.3 Å². The molecular formula is C23H28N2O4S. The molecule has 1 saturated heterocycles. The molecule has 0 saturated carbocycles. The van der Waals surface area contributed by atoms with Crippen LogP contribution in [-0.4, -0.2) is 44.0 Å². The van der Waals surface area contributed by atoms with Gasteiger partial charge < -0.3 is 19.7 Å². The topological polar surface area (TPSA) is 67.9 Å². The molecule has 30 heavy (non-hydrogen) atoms. The molecule has 1 fully saturated rings. The summed E-state index contributed by atoms with van der Waals surface area (Å²) in [5.41, 5.74) is 2.05. The van der Waals surface area contributed by atoms with Gasteiger partial charge >= 0.3 is 0 Å². The number of thiophene rings is 1. The molecule has 1 aliphatic carbocycles. The SMILES string of the molecule is COc1ccc(OC)c(CNC(=O)[C@H]2CCc3sc(C(=O)N4CCCC4)cc3C2)c1. The number of fused-ring (bicyclic) bond motifs is 1. The average molecular weight is 429 g/mol. The molecule has 0 spiro atoms. The van der Waals surface area contributed by atoms with Crippen molar-refractivity contribution in [3.8, 4) is 11.5 Å². The monoisotopic (exact) mass is 428 g/mol. The summed E-state index contributed by atoms with van der Waals surface area (Å²) in [6.07, 6.45) is 4.55. The highest BCUT2D eigenvalue weighted by Gasteiger charge is 2.29. The number of hydrogen-bond acceptors (Lipinski definition) is 5. The quantitative estimate of drug-likeness (QED) is 0.766. The lowest BCUT2D eigenvalue weighted by atomic mass is 9.87. The number of benzene rings is 1. The van der Waals surface area contributed by atoms with Crippen LogP contribution in [-0.2, 0) is 24.2 Å². The first-order valence-corrected chi connectivity index (χ1v) is 11.3. The molecular weight excluding hydrogens is 400 g/mol. The molecule has 160 valence electrons. The van der Waals surface area contributed by atoms with Gasteiger partial charge in [0.05, 0.1) is 19.1 Å². The summed E-state index contributed by atoms with van der Waals surface area (Å²) in [6.45, 7) is 2.12. The van der Waals surface area contributed by atoms with Gasteiger partial charge in [0.1, 0.15) is 11.5 Å². The number of nitrogens with one attached hydrogen (secondary N) is 1. The van der Waals surface area contributed by atoms with Crippen LogP contribution in [0.2, 0.25) is 0 Å². The first kappa shape index (κ1) is 20.7. The third-order valence-corrected chi connectivity index (χ3v) is 7.22. The van der Waals surface area contributed by atoms with Crippen molar-refractivity contribution in [2.75, 3.05) is 27.3 Å². The van der Waals surface area contributed by atoms with Crippen LogP contribution in [0.3, 0.4) is 0 Å². The second-order valence-electron chi connectivity index (χ2n) is 7.89. The molecule has 0 radical (unpaired) electrons. The predicted molar refractivity (Wildman–Crippen MR) is 116 cm³/mol. The molecule has 1 aromatic heterocycles. The Kier molecular flexibility index (Phi) is 6.27. The molecule has 4 rings (SSSR count). The van der Waals surface area contributed by atoms with E-state index in [0.717, 1.165) is 66.3 Å². The van der Waals surface area contributed by atoms with Gasteiger partial charge in [-0.25, -0.2) is 0 Å². The Balaban J connectivity index is 1.39. The second-order valence-corrected chi connectivity index (χ2v) is 9.03. The Morgan fingerprint density at radius 1 is 1.17 bits per heavy atom. The molecule has 1 aromatic carbocycles. The zero-order chi connectivity index (χ0) is 21.1. The largest absolute Gasteiger partial charge is 0.497 e. The minimum Gasteiger partial charge on any atom is -0.497 e. The summed E-state index contributed by atoms with van der Waals surface area (Å²) in [7, 11) is 3.24. The predicted octanol–water partition coefficient (Wildman–Crippen LogP) is 3.42. The van der Waals surface area contributed by atoms with Crippen LogP contribution in [0.5, 0.6) is 11.5 Å². The van der Waals surface area contributed by atoms with E-state index >= 15 is 0 Å². The maximum atomic E-state index is 12.8. The second kappa shape index (κ2) is 9.08. The Bertz CT molecular complexity index is 933. The normalized spacial score (nSPS) is 18.1. The third-order valence-electron chi connectivity index (χ3n) is 6.00. The number of carbonyl (C=O) groups is 2. The Morgan fingerprint density at radius 3 is 2.70 bits per heavy atom. The van der Waals surface area contributed by atoms with Crippen LogP contribution in [0, 0.1) is 5.92 Å². The number of rotatable bonds is 6. The van der Waals surface area contributed by atoms with Crippen LogP contribution in [0.4, 0.5) is 0 Å². The lowest BCUT2D eigenvalue weighted by Gasteiger charge is -2.21. The molecule has 0 bridgehead atoms. The van der Waals surface area contributed by atoms with E-state index in [2.05, 4.69) is 5.32 Å². The summed E-state index contributed by atoms with van der Waals surface area (Å²) in [5.74, 6) is 1.58. The lowest BCUT2D eigenvalue weighted by Crippen LogP contribution is -2.33. The van der Waals surface area contributed by atoms with Gasteiger partial charge in [-0.15, -0.1) is 11.3 Å². The van der Waals surface area contributed by atoms with E-state index in [1.807, 2.05) is 29.2 Å². The minimum absolute atomic E-state index is 0.0455. The molecule has 2 aliphatic rings. The van der Waals surface area contributed by atoms with Crippen molar-refractivity contribution >= 4 is 23.2 Å². The standard InChI is InChI=1S/C23H28N2O4S/c1-28-18-6-7-19(29-2)17(12-18)14-24-22(26)15-5-8-20-16(11-15)13-21(30-20)23(27)25-9-3-4-10-25/h6-7,12-13,15H,3-5,8-11,14H2,1-2H3,(H,24,26)/t15-/m0/s1. The van der Waals surface area contributed by atoms with E-state index in [1.165, 1.54) is 4.88 Å². The van der Waals surface area contributed by atoms with Crippen molar-refractivity contribution in [1.29, 1.82) is 0 Å². The van der Waals surface area contributed by atoms with E-state index in [4.69, 9.17) is 9.47 Å². The highest BCUT2D eigenvalue weighted by Crippen LogP contribution is 2.33. The van der Waals surface area contributed by atoms with E-state index in [9.17, 15) is 9.59 Å². The van der Waals surface area contributed by atoms with Gasteiger partial charge in [0.25, 0.3) is 5.91 Å². The van der Waals surface area contributed by atoms with Gasteiger partial charge in [-0.3, -0.25) is 9.59 Å². The Hall–Kier alpha value is -2.54. The summed E-state index contributed by atoms with van der Waals surface area (Å²) in [5, 5.41) is 3.05. The number of nitrogens with zero attached hydrogens (tertiary/aromatic N) is 1. The van der Waals surface area contributed by atoms with E-state index in [-0.39, 0.29) is 17.7 Å². The van der Waals surface area contributed by atoms with Crippen LogP contribution in [0.1, 0.15) is 44.9 Å². The molecule has 2 amide bonds. The number of amides is 2. The highest BCUT2D eigenvalue weighted by molar-refractivity contribution is 7.14. The van der Waals surface area contributed by atoms with E-state index < -0.39 is 0 Å². The van der Waals surface area contributed by atoms with Crippen molar-refractivity contribution in [2.45, 2.75) is 38.6 Å². The summed E-state index contributed by atoms with van der Waals surface area (Å²) in [4.78, 5) is 29.5. The molecule has 2 aromatic rings. The van der Waals surface area contributed by atoms with Gasteiger partial charge in [0.2, 0.25) is 5.91 Å². The van der Waals surface area contributed by atoms with Gasteiger partial charge in [0, 0.05) is 36.0 Å². The number of likely N-dealkylation sites (tertiary alicyclic amines) is 1. The van der Waals surface area contributed by atoms with Crippen molar-refractivity contribution in [3.63, 3.8) is 0 Å². The van der Waals surface area contributed by atoms with Crippen molar-refractivity contribution in [1.82, 2.24) is 10.2 Å². The van der Waals surface area contributed by atoms with E-state index in [1.54, 1.807) is 25.6 Å². The van der Waals surface area contributed by atoms with Crippen molar-refractivity contribution < 1.29 is 19.1 Å². The van der Waals surface area contributed by atoms with Gasteiger partial charge in [-0.1, -0.05) is 0 Å². The average Bonchev–Trinajstić information content (AvgIpc) is 3.46. The first-order valence-electron chi connectivity index (χ1n) is 10.5. The Labute approximate surface area is 181 Å². The Morgan fingerprint density at radius 2 is 1.97 bits per heavy atom. The lowest BCUT2D eigenvalue weighted by molar-refractivity contribution is -0.125. The highest BCUT2D eigenvalue weighted by atomic mass is 32.1. The fraction of sp³-hybridized carbons (Fsp3) is 0.478. The van der Waals surface area contributed by atoms with Crippen LogP contribution >= 0.6 is 11.3 Å². The van der Waals surface area contributed by atoms with E-state index in [0.29, 0.717) is 13.0 Å². The van der Waals surface area contributed by atoms with Crippen molar-refractivity contribution in [2.24, 2.45) is 5.92 Å². The molecule has 1 N–H and O–H groups in total. The number of ether oxygens (including phenoxy) is 2. The smallest absolute Gasteiger partial charge is 0.263 e. The number of aryl methyl sites for hydroxylation is 1. The van der Waals surface area contributed by atoms with Gasteiger partial charge in [-0.05, 0) is 61.9 Å². The fourth-order valence-electron chi connectivity index (χ4n) is 4.28. The van der Waals surface area contributed by atoms with Crippen molar-refractivity contribution in [3.05, 3.63) is 45.1 Å². The zero-order valence-corrected chi connectivity index (χ0v) is 18.3. The summed E-state index contributed by atoms with van der Waals surface area (Å²) < 4.78 is 10.7. The molecule has 2 heterocycles. The molecule has 0 unspecified atom stereocenters. The molecule has 7 heteroatoms. The molecule has 6 nitrogen and oxygen atoms in total. The van der Waals surface area contributed by atoms with Gasteiger partial charge in [0.15, 0.2) is 0 Å². The fourth-order valence-corrected chi connectivity index (χ4v) is 5.45. The summed E-state index contributed by atoms with van der Waals surface area (Å²) >= 11 is 1.61. The maximum Gasteiger partial charge on any atom is 0.263 e. The maximum absolute atomic E-state index is 12.8. The third kappa shape index (κ3) is 4.31. The number of hydrogen-bond donors (Lipinski definition) is 1.